The van der Waals surface area contributed by atoms with Crippen LogP contribution in [0.4, 0.5) is 0 Å². The quantitative estimate of drug-likeness (QED) is 0.516. The molecule has 1 rings (SSSR count). The van der Waals surface area contributed by atoms with Crippen molar-refractivity contribution < 1.29 is 0 Å². The predicted octanol–water partition coefficient (Wildman–Crippen LogP) is 0.392. The summed E-state index contributed by atoms with van der Waals surface area (Å²) in [6, 6.07) is 1.87. The third kappa shape index (κ3) is 2.27. The Bertz CT molecular complexity index is 265. The molecule has 0 fully saturated rings. The molecule has 0 aliphatic rings. The van der Waals surface area contributed by atoms with Crippen molar-refractivity contribution in [2.45, 2.75) is 6.82 Å². The van der Waals surface area contributed by atoms with Crippen LogP contribution in [0.5, 0.6) is 0 Å². The van der Waals surface area contributed by atoms with Gasteiger partial charge in [0.05, 0.1) is 0 Å². The molecule has 1 aromatic heterocycles. The molecule has 0 saturated carbocycles. The van der Waals surface area contributed by atoms with Gasteiger partial charge >= 0.3 is 6.98 Å². The molecule has 0 radical (unpaired) electrons. The largest absolute Gasteiger partial charge is 0.412 e. The second-order valence-electron chi connectivity index (χ2n) is 2.30. The van der Waals surface area contributed by atoms with E-state index in [0.29, 0.717) is 0 Å². The Morgan fingerprint density at radius 1 is 1.67 bits per heavy atom. The Kier molecular flexibility index (Phi) is 3.13. The van der Waals surface area contributed by atoms with E-state index in [1.807, 2.05) is 19.1 Å². The second kappa shape index (κ2) is 4.38. The molecule has 5 heteroatoms. The molecule has 12 heavy (non-hydrogen) atoms. The molecule has 0 aliphatic carbocycles. The summed E-state index contributed by atoms with van der Waals surface area (Å²) in [6.45, 7) is 1.98. The van der Waals surface area contributed by atoms with Crippen molar-refractivity contribution in [1.29, 1.82) is 0 Å². The maximum absolute atomic E-state index is 5.14. The molecule has 4 nitrogen and oxygen atoms in total. The molecular weight excluding hydrogens is 151 g/mol. The maximum Gasteiger partial charge on any atom is 0.412 e. The van der Waals surface area contributed by atoms with E-state index in [9.17, 15) is 0 Å². The van der Waals surface area contributed by atoms with Gasteiger partial charge in [-0.2, -0.15) is 5.10 Å². The SMILES string of the molecule is CB(N=CC=CN)n1cccn1. The lowest BCUT2D eigenvalue weighted by Gasteiger charge is -1.99. The number of nitrogens with two attached hydrogens (primary N) is 1. The van der Waals surface area contributed by atoms with Crippen molar-refractivity contribution >= 4 is 13.2 Å². The third-order valence-corrected chi connectivity index (χ3v) is 1.41. The number of aromatic nitrogens is 2. The van der Waals surface area contributed by atoms with Gasteiger partial charge in [0.1, 0.15) is 0 Å². The molecule has 0 unspecified atom stereocenters. The van der Waals surface area contributed by atoms with E-state index < -0.39 is 0 Å². The summed E-state index contributed by atoms with van der Waals surface area (Å²) < 4.78 is 1.76. The number of hydrogen-bond donors (Lipinski definition) is 1. The lowest BCUT2D eigenvalue weighted by molar-refractivity contribution is 0.952. The highest BCUT2D eigenvalue weighted by atomic mass is 15.2. The van der Waals surface area contributed by atoms with Crippen LogP contribution in [0.25, 0.3) is 0 Å². The summed E-state index contributed by atoms with van der Waals surface area (Å²) in [5, 5.41) is 4.04. The van der Waals surface area contributed by atoms with Gasteiger partial charge in [-0.1, -0.05) is 0 Å². The van der Waals surface area contributed by atoms with Gasteiger partial charge in [-0.15, -0.1) is 0 Å². The van der Waals surface area contributed by atoms with Crippen LogP contribution in [-0.2, 0) is 0 Å². The van der Waals surface area contributed by atoms with E-state index in [1.54, 1.807) is 23.1 Å². The van der Waals surface area contributed by atoms with Gasteiger partial charge in [0, 0.05) is 18.6 Å². The Labute approximate surface area is 71.9 Å². The van der Waals surface area contributed by atoms with Gasteiger partial charge in [0.2, 0.25) is 0 Å². The summed E-state index contributed by atoms with van der Waals surface area (Å²) in [5.74, 6) is 0. The minimum absolute atomic E-state index is 0.0243. The van der Waals surface area contributed by atoms with Crippen LogP contribution in [0.3, 0.4) is 0 Å². The first-order valence-corrected chi connectivity index (χ1v) is 3.74. The summed E-state index contributed by atoms with van der Waals surface area (Å²) in [5.41, 5.74) is 5.14. The fourth-order valence-corrected chi connectivity index (χ4v) is 0.794. The van der Waals surface area contributed by atoms with Crippen molar-refractivity contribution in [3.8, 4) is 0 Å². The molecule has 1 aromatic rings. The van der Waals surface area contributed by atoms with Crippen molar-refractivity contribution in [1.82, 2.24) is 9.69 Å². The molecule has 62 valence electrons. The highest BCUT2D eigenvalue weighted by Gasteiger charge is 2.05. The van der Waals surface area contributed by atoms with E-state index in [1.165, 1.54) is 6.20 Å². The molecule has 0 spiro atoms. The standard InChI is InChI=1S/C7H11BN4/c1-8(10-5-2-4-9)12-7-3-6-11-12/h2-7H,9H2,1H3. The van der Waals surface area contributed by atoms with Crippen molar-refractivity contribution in [3.05, 3.63) is 30.7 Å². The van der Waals surface area contributed by atoms with Crippen LogP contribution in [0, 0.1) is 0 Å². The first kappa shape index (κ1) is 8.58. The minimum Gasteiger partial charge on any atom is -0.405 e. The smallest absolute Gasteiger partial charge is 0.405 e. The van der Waals surface area contributed by atoms with Crippen LogP contribution >= 0.6 is 0 Å². The molecule has 0 atom stereocenters. The summed E-state index contributed by atoms with van der Waals surface area (Å²) >= 11 is 0. The molecule has 0 amide bonds. The van der Waals surface area contributed by atoms with Crippen molar-refractivity contribution in [2.75, 3.05) is 0 Å². The first-order valence-electron chi connectivity index (χ1n) is 3.74. The zero-order valence-electron chi connectivity index (χ0n) is 6.96. The molecular formula is C7H11BN4. The first-order chi connectivity index (χ1) is 5.84. The average molecular weight is 162 g/mol. The van der Waals surface area contributed by atoms with E-state index in [4.69, 9.17) is 5.73 Å². The normalized spacial score (nSPS) is 11.4. The van der Waals surface area contributed by atoms with Crippen LogP contribution in [0.1, 0.15) is 0 Å². The van der Waals surface area contributed by atoms with Crippen LogP contribution < -0.4 is 5.73 Å². The second-order valence-corrected chi connectivity index (χ2v) is 2.30. The average Bonchev–Trinajstić information content (AvgIpc) is 2.56. The zero-order chi connectivity index (χ0) is 8.81. The molecule has 0 aliphatic heterocycles. The van der Waals surface area contributed by atoms with Gasteiger partial charge in [0.25, 0.3) is 0 Å². The maximum atomic E-state index is 5.14. The monoisotopic (exact) mass is 162 g/mol. The number of hydrogen-bond acceptors (Lipinski definition) is 3. The fourth-order valence-electron chi connectivity index (χ4n) is 0.794. The Balaban J connectivity index is 2.55. The Morgan fingerprint density at radius 3 is 3.08 bits per heavy atom. The Hall–Kier alpha value is -1.52. The van der Waals surface area contributed by atoms with Gasteiger partial charge in [0.15, 0.2) is 0 Å². The van der Waals surface area contributed by atoms with Gasteiger partial charge in [-0.3, -0.25) is 4.59 Å². The van der Waals surface area contributed by atoms with Gasteiger partial charge < -0.3 is 10.6 Å². The molecule has 0 bridgehead atoms. The van der Waals surface area contributed by atoms with Crippen molar-refractivity contribution in [2.24, 2.45) is 10.6 Å². The summed E-state index contributed by atoms with van der Waals surface area (Å²) in [6.07, 6.45) is 8.38. The van der Waals surface area contributed by atoms with Crippen LogP contribution in [0.2, 0.25) is 6.82 Å². The third-order valence-electron chi connectivity index (χ3n) is 1.41. The lowest BCUT2D eigenvalue weighted by atomic mass is 9.83. The van der Waals surface area contributed by atoms with E-state index in [2.05, 4.69) is 10.0 Å². The lowest BCUT2D eigenvalue weighted by Crippen LogP contribution is -2.18. The van der Waals surface area contributed by atoms with E-state index in [0.717, 1.165) is 0 Å². The molecule has 0 aromatic carbocycles. The molecule has 1 heterocycles. The topological polar surface area (TPSA) is 56.2 Å². The van der Waals surface area contributed by atoms with Crippen LogP contribution in [-0.4, -0.2) is 22.9 Å². The zero-order valence-corrected chi connectivity index (χ0v) is 6.96. The summed E-state index contributed by atoms with van der Waals surface area (Å²) in [4.78, 5) is 4.16. The van der Waals surface area contributed by atoms with E-state index in [-0.39, 0.29) is 6.98 Å². The number of nitrogens with zero attached hydrogens (tertiary/aromatic N) is 3. The highest BCUT2D eigenvalue weighted by Crippen LogP contribution is 1.89. The fraction of sp³-hybridized carbons (Fsp3) is 0.143. The van der Waals surface area contributed by atoms with E-state index >= 15 is 0 Å². The predicted molar refractivity (Wildman–Crippen MR) is 51.1 cm³/mol. The van der Waals surface area contributed by atoms with Gasteiger partial charge in [-0.25, -0.2) is 0 Å². The van der Waals surface area contributed by atoms with Crippen LogP contribution in [0.15, 0.2) is 35.6 Å². The van der Waals surface area contributed by atoms with Crippen molar-refractivity contribution in [3.63, 3.8) is 0 Å². The Morgan fingerprint density at radius 2 is 2.50 bits per heavy atom. The summed E-state index contributed by atoms with van der Waals surface area (Å²) in [7, 11) is 0. The molecule has 2 N–H and O–H groups in total. The molecule has 0 saturated heterocycles. The number of allylic oxidation sites excluding steroid dienone is 1. The van der Waals surface area contributed by atoms with Gasteiger partial charge in [-0.05, 0) is 25.2 Å². The minimum atomic E-state index is 0.0243. The number of rotatable bonds is 3. The highest BCUT2D eigenvalue weighted by molar-refractivity contribution is 6.54.